The van der Waals surface area contributed by atoms with Gasteiger partial charge in [-0.1, -0.05) is 15.9 Å². The van der Waals surface area contributed by atoms with Crippen molar-refractivity contribution in [3.63, 3.8) is 0 Å². The van der Waals surface area contributed by atoms with Crippen LogP contribution in [0.15, 0.2) is 22.7 Å². The van der Waals surface area contributed by atoms with Crippen LogP contribution in [0.2, 0.25) is 0 Å². The van der Waals surface area contributed by atoms with E-state index in [-0.39, 0.29) is 5.91 Å². The van der Waals surface area contributed by atoms with Crippen LogP contribution >= 0.6 is 38.5 Å². The first-order valence-electron chi connectivity index (χ1n) is 5.25. The quantitative estimate of drug-likeness (QED) is 0.733. The minimum atomic E-state index is -0.404. The van der Waals surface area contributed by atoms with Crippen molar-refractivity contribution >= 4 is 50.1 Å². The van der Waals surface area contributed by atoms with E-state index in [1.807, 2.05) is 18.2 Å². The number of amides is 1. The molecule has 1 heterocycles. The zero-order valence-electron chi connectivity index (χ0n) is 9.00. The maximum atomic E-state index is 11.9. The zero-order chi connectivity index (χ0) is 12.3. The topological polar surface area (TPSA) is 50.4 Å². The number of nitrogens with one attached hydrogen (secondary N) is 2. The van der Waals surface area contributed by atoms with E-state index in [0.717, 1.165) is 20.3 Å². The lowest BCUT2D eigenvalue weighted by Crippen LogP contribution is -2.45. The van der Waals surface area contributed by atoms with E-state index in [9.17, 15) is 4.79 Å². The van der Waals surface area contributed by atoms with E-state index in [0.29, 0.717) is 13.2 Å². The summed E-state index contributed by atoms with van der Waals surface area (Å²) in [6.07, 6.45) is -0.404. The molecule has 0 aliphatic carbocycles. The van der Waals surface area contributed by atoms with Gasteiger partial charge >= 0.3 is 0 Å². The molecule has 1 atom stereocenters. The second kappa shape index (κ2) is 6.12. The molecule has 1 saturated heterocycles. The van der Waals surface area contributed by atoms with E-state index in [4.69, 9.17) is 4.74 Å². The summed E-state index contributed by atoms with van der Waals surface area (Å²) >= 11 is 5.57. The first-order valence-corrected chi connectivity index (χ1v) is 7.12. The van der Waals surface area contributed by atoms with Gasteiger partial charge in [-0.25, -0.2) is 0 Å². The van der Waals surface area contributed by atoms with Crippen LogP contribution in [0.1, 0.15) is 0 Å². The molecule has 1 aliphatic rings. The fourth-order valence-electron chi connectivity index (χ4n) is 1.54. The molecule has 0 bridgehead atoms. The van der Waals surface area contributed by atoms with Crippen LogP contribution in [-0.2, 0) is 9.53 Å². The normalized spacial score (nSPS) is 20.0. The Kier molecular flexibility index (Phi) is 4.78. The third kappa shape index (κ3) is 3.64. The van der Waals surface area contributed by atoms with Gasteiger partial charge in [0.1, 0.15) is 6.10 Å². The van der Waals surface area contributed by atoms with Crippen LogP contribution in [0.4, 0.5) is 5.69 Å². The highest BCUT2D eigenvalue weighted by molar-refractivity contribution is 14.1. The van der Waals surface area contributed by atoms with E-state index in [1.54, 1.807) is 0 Å². The van der Waals surface area contributed by atoms with E-state index in [2.05, 4.69) is 49.2 Å². The predicted octanol–water partition coefficient (Wildman–Crippen LogP) is 1.98. The minimum Gasteiger partial charge on any atom is -0.366 e. The van der Waals surface area contributed by atoms with Crippen LogP contribution in [0.25, 0.3) is 0 Å². The monoisotopic (exact) mass is 410 g/mol. The van der Waals surface area contributed by atoms with Gasteiger partial charge in [-0.2, -0.15) is 0 Å². The number of hydrogen-bond acceptors (Lipinski definition) is 3. The number of morpholine rings is 1. The van der Waals surface area contributed by atoms with Crippen LogP contribution in [0.3, 0.4) is 0 Å². The van der Waals surface area contributed by atoms with Gasteiger partial charge in [0.05, 0.1) is 12.3 Å². The Hall–Kier alpha value is -0.180. The Morgan fingerprint density at radius 2 is 2.41 bits per heavy atom. The largest absolute Gasteiger partial charge is 0.366 e. The molecule has 1 fully saturated rings. The number of anilines is 1. The van der Waals surface area contributed by atoms with Gasteiger partial charge in [0.2, 0.25) is 0 Å². The smallest absolute Gasteiger partial charge is 0.254 e. The molecule has 1 aromatic rings. The van der Waals surface area contributed by atoms with Crippen molar-refractivity contribution in [1.82, 2.24) is 5.32 Å². The molecule has 1 aliphatic heterocycles. The third-order valence-electron chi connectivity index (χ3n) is 2.41. The van der Waals surface area contributed by atoms with Gasteiger partial charge in [-0.3, -0.25) is 4.79 Å². The molecule has 92 valence electrons. The summed E-state index contributed by atoms with van der Waals surface area (Å²) in [5.74, 6) is -0.104. The van der Waals surface area contributed by atoms with Gasteiger partial charge in [-0.05, 0) is 40.8 Å². The average molecular weight is 411 g/mol. The first kappa shape index (κ1) is 13.3. The highest BCUT2D eigenvalue weighted by atomic mass is 127. The summed E-state index contributed by atoms with van der Waals surface area (Å²) < 4.78 is 7.34. The van der Waals surface area contributed by atoms with E-state index >= 15 is 0 Å². The van der Waals surface area contributed by atoms with Crippen molar-refractivity contribution in [3.05, 3.63) is 26.2 Å². The van der Waals surface area contributed by atoms with Gasteiger partial charge < -0.3 is 15.4 Å². The predicted molar refractivity (Wildman–Crippen MR) is 78.1 cm³/mol. The maximum absolute atomic E-state index is 11.9. The van der Waals surface area contributed by atoms with Crippen molar-refractivity contribution in [2.24, 2.45) is 0 Å². The lowest BCUT2D eigenvalue weighted by molar-refractivity contribution is -0.128. The van der Waals surface area contributed by atoms with E-state index in [1.165, 1.54) is 0 Å². The summed E-state index contributed by atoms with van der Waals surface area (Å²) in [5, 5.41) is 6.01. The van der Waals surface area contributed by atoms with Crippen LogP contribution in [-0.4, -0.2) is 31.7 Å². The summed E-state index contributed by atoms with van der Waals surface area (Å²) in [7, 11) is 0. The molecular formula is C11H12BrIN2O2. The number of rotatable bonds is 2. The second-order valence-corrected chi connectivity index (χ2v) is 5.75. The Morgan fingerprint density at radius 1 is 1.59 bits per heavy atom. The van der Waals surface area contributed by atoms with Crippen LogP contribution < -0.4 is 10.6 Å². The molecule has 17 heavy (non-hydrogen) atoms. The van der Waals surface area contributed by atoms with Gasteiger partial charge in [0.25, 0.3) is 5.91 Å². The molecular weight excluding hydrogens is 399 g/mol. The SMILES string of the molecule is O=C(Nc1cc(Br)ccc1I)C1CNCCO1. The molecule has 0 spiro atoms. The Balaban J connectivity index is 2.04. The summed E-state index contributed by atoms with van der Waals surface area (Å²) in [6.45, 7) is 1.95. The number of hydrogen-bond donors (Lipinski definition) is 2. The number of benzene rings is 1. The number of halogens is 2. The fraction of sp³-hybridized carbons (Fsp3) is 0.364. The molecule has 6 heteroatoms. The van der Waals surface area contributed by atoms with Gasteiger partial charge in [0, 0.05) is 21.1 Å². The first-order chi connectivity index (χ1) is 8.16. The van der Waals surface area contributed by atoms with Crippen molar-refractivity contribution in [3.8, 4) is 0 Å². The lowest BCUT2D eigenvalue weighted by Gasteiger charge is -2.23. The number of carbonyl (C=O) groups is 1. The van der Waals surface area contributed by atoms with Crippen LogP contribution in [0, 0.1) is 3.57 Å². The van der Waals surface area contributed by atoms with Gasteiger partial charge in [0.15, 0.2) is 0 Å². The molecule has 1 amide bonds. The zero-order valence-corrected chi connectivity index (χ0v) is 12.7. The second-order valence-electron chi connectivity index (χ2n) is 3.68. The maximum Gasteiger partial charge on any atom is 0.254 e. The molecule has 1 unspecified atom stereocenters. The Morgan fingerprint density at radius 3 is 3.12 bits per heavy atom. The Bertz CT molecular complexity index is 422. The molecule has 0 radical (unpaired) electrons. The van der Waals surface area contributed by atoms with Crippen molar-refractivity contribution < 1.29 is 9.53 Å². The standard InChI is InChI=1S/C11H12BrIN2O2/c12-7-1-2-8(13)9(5-7)15-11(16)10-6-14-3-4-17-10/h1-2,5,10,14H,3-4,6H2,(H,15,16). The molecule has 0 saturated carbocycles. The Labute approximate surface area is 122 Å². The fourth-order valence-corrected chi connectivity index (χ4v) is 2.37. The van der Waals surface area contributed by atoms with Gasteiger partial charge in [-0.15, -0.1) is 0 Å². The minimum absolute atomic E-state index is 0.104. The average Bonchev–Trinajstić information content (AvgIpc) is 2.35. The molecule has 0 aromatic heterocycles. The molecule has 1 aromatic carbocycles. The van der Waals surface area contributed by atoms with Crippen LogP contribution in [0.5, 0.6) is 0 Å². The van der Waals surface area contributed by atoms with E-state index < -0.39 is 6.10 Å². The summed E-state index contributed by atoms with van der Waals surface area (Å²) in [6, 6.07) is 5.77. The van der Waals surface area contributed by atoms with Crippen molar-refractivity contribution in [2.45, 2.75) is 6.10 Å². The lowest BCUT2D eigenvalue weighted by atomic mass is 10.2. The highest BCUT2D eigenvalue weighted by Gasteiger charge is 2.22. The van der Waals surface area contributed by atoms with Crippen molar-refractivity contribution in [1.29, 1.82) is 0 Å². The number of carbonyl (C=O) groups excluding carboxylic acids is 1. The molecule has 2 rings (SSSR count). The highest BCUT2D eigenvalue weighted by Crippen LogP contribution is 2.23. The van der Waals surface area contributed by atoms with Crippen molar-refractivity contribution in [2.75, 3.05) is 25.0 Å². The molecule has 4 nitrogen and oxygen atoms in total. The molecule has 2 N–H and O–H groups in total. The third-order valence-corrected chi connectivity index (χ3v) is 3.84. The number of ether oxygens (including phenoxy) is 1. The summed E-state index contributed by atoms with van der Waals surface area (Å²) in [4.78, 5) is 11.9. The summed E-state index contributed by atoms with van der Waals surface area (Å²) in [5.41, 5.74) is 0.805.